The molecule has 17 heavy (non-hydrogen) atoms. The Morgan fingerprint density at radius 1 is 1.35 bits per heavy atom. The van der Waals surface area contributed by atoms with Crippen LogP contribution in [-0.4, -0.2) is 11.7 Å². The van der Waals surface area contributed by atoms with Crippen molar-refractivity contribution in [3.63, 3.8) is 0 Å². The van der Waals surface area contributed by atoms with Crippen molar-refractivity contribution in [2.45, 2.75) is 19.9 Å². The minimum absolute atomic E-state index is 0. The Balaban J connectivity index is 0.00000256. The Hall–Kier alpha value is 0.190. The molecule has 98 valence electrons. The van der Waals surface area contributed by atoms with E-state index < -0.39 is 5.41 Å². The largest absolute Gasteiger partial charge is 0.398 e. The van der Waals surface area contributed by atoms with Crippen LogP contribution >= 0.6 is 44.3 Å². The molecule has 0 aromatic heterocycles. The molecule has 0 bridgehead atoms. The van der Waals surface area contributed by atoms with Crippen molar-refractivity contribution in [2.75, 3.05) is 12.3 Å². The van der Waals surface area contributed by atoms with E-state index in [2.05, 4.69) is 31.9 Å². The fraction of sp³-hybridized carbons (Fsp3) is 0.455. The Morgan fingerprint density at radius 3 is 2.35 bits per heavy atom. The highest BCUT2D eigenvalue weighted by Gasteiger charge is 2.29. The summed E-state index contributed by atoms with van der Waals surface area (Å²) in [6.45, 7) is 3.83. The molecular formula is C11H17Br2ClN2O. The number of hydrogen-bond donors (Lipinski definition) is 3. The Bertz CT molecular complexity index is 399. The average molecular weight is 389 g/mol. The Labute approximate surface area is 125 Å². The molecule has 1 aromatic carbocycles. The predicted molar refractivity (Wildman–Crippen MR) is 81.3 cm³/mol. The molecule has 0 aliphatic carbocycles. The number of halogens is 3. The molecule has 0 amide bonds. The van der Waals surface area contributed by atoms with Crippen LogP contribution in [0.25, 0.3) is 0 Å². The first-order chi connectivity index (χ1) is 7.29. The zero-order chi connectivity index (χ0) is 12.5. The minimum Gasteiger partial charge on any atom is -0.398 e. The van der Waals surface area contributed by atoms with Crippen LogP contribution in [0.4, 0.5) is 5.69 Å². The van der Waals surface area contributed by atoms with E-state index in [0.717, 1.165) is 14.5 Å². The summed E-state index contributed by atoms with van der Waals surface area (Å²) in [5.74, 6) is 0. The van der Waals surface area contributed by atoms with E-state index in [9.17, 15) is 5.11 Å². The zero-order valence-corrected chi connectivity index (χ0v) is 13.7. The van der Waals surface area contributed by atoms with Crippen LogP contribution in [0.3, 0.4) is 0 Å². The second-order valence-corrected chi connectivity index (χ2v) is 6.28. The third-order valence-corrected chi connectivity index (χ3v) is 3.82. The van der Waals surface area contributed by atoms with Gasteiger partial charge >= 0.3 is 0 Å². The highest BCUT2D eigenvalue weighted by Crippen LogP contribution is 2.38. The Morgan fingerprint density at radius 2 is 1.88 bits per heavy atom. The van der Waals surface area contributed by atoms with E-state index in [-0.39, 0.29) is 25.1 Å². The molecule has 0 radical (unpaired) electrons. The van der Waals surface area contributed by atoms with Gasteiger partial charge in [0.15, 0.2) is 0 Å². The van der Waals surface area contributed by atoms with Gasteiger partial charge in [-0.1, -0.05) is 29.8 Å². The van der Waals surface area contributed by atoms with Gasteiger partial charge in [0.25, 0.3) is 0 Å². The molecule has 0 saturated heterocycles. The van der Waals surface area contributed by atoms with Gasteiger partial charge in [-0.3, -0.25) is 0 Å². The molecular weight excluding hydrogens is 371 g/mol. The lowest BCUT2D eigenvalue weighted by atomic mass is 9.81. The molecule has 0 aliphatic rings. The van der Waals surface area contributed by atoms with E-state index in [1.165, 1.54) is 0 Å². The number of aliphatic hydroxyl groups is 1. The van der Waals surface area contributed by atoms with E-state index in [0.29, 0.717) is 5.69 Å². The molecule has 5 N–H and O–H groups in total. The summed E-state index contributed by atoms with van der Waals surface area (Å²) in [4.78, 5) is 0. The number of anilines is 1. The highest BCUT2D eigenvalue weighted by atomic mass is 79.9. The molecule has 1 aromatic rings. The smallest absolute Gasteiger partial charge is 0.0507 e. The van der Waals surface area contributed by atoms with Crippen molar-refractivity contribution in [1.29, 1.82) is 0 Å². The molecule has 0 unspecified atom stereocenters. The molecule has 0 saturated carbocycles. The molecule has 0 spiro atoms. The fourth-order valence-electron chi connectivity index (χ4n) is 1.38. The number of benzene rings is 1. The van der Waals surface area contributed by atoms with E-state index >= 15 is 0 Å². The first-order valence-corrected chi connectivity index (χ1v) is 6.49. The second-order valence-electron chi connectivity index (χ2n) is 4.51. The normalized spacial score (nSPS) is 13.1. The van der Waals surface area contributed by atoms with Crippen LogP contribution < -0.4 is 11.5 Å². The van der Waals surface area contributed by atoms with Gasteiger partial charge in [-0.2, -0.15) is 0 Å². The van der Waals surface area contributed by atoms with Gasteiger partial charge in [-0.15, -0.1) is 12.4 Å². The molecule has 0 heterocycles. The number of hydrogen-bond acceptors (Lipinski definition) is 3. The zero-order valence-electron chi connectivity index (χ0n) is 9.71. The van der Waals surface area contributed by atoms with Gasteiger partial charge < -0.3 is 16.6 Å². The van der Waals surface area contributed by atoms with Gasteiger partial charge in [0.05, 0.1) is 5.69 Å². The van der Waals surface area contributed by atoms with Crippen molar-refractivity contribution in [3.05, 3.63) is 26.6 Å². The van der Waals surface area contributed by atoms with Crippen molar-refractivity contribution in [2.24, 2.45) is 11.1 Å². The predicted octanol–water partition coefficient (Wildman–Crippen LogP) is 3.23. The third kappa shape index (κ3) is 3.83. The molecule has 0 aliphatic heterocycles. The van der Waals surface area contributed by atoms with E-state index in [1.807, 2.05) is 26.0 Å². The van der Waals surface area contributed by atoms with Crippen LogP contribution in [0.2, 0.25) is 0 Å². The maximum atomic E-state index is 9.31. The first-order valence-electron chi connectivity index (χ1n) is 4.90. The number of nitrogens with two attached hydrogens (primary N) is 2. The maximum Gasteiger partial charge on any atom is 0.0507 e. The second kappa shape index (κ2) is 6.38. The van der Waals surface area contributed by atoms with E-state index in [1.54, 1.807) is 0 Å². The van der Waals surface area contributed by atoms with Gasteiger partial charge in [0, 0.05) is 27.0 Å². The van der Waals surface area contributed by atoms with Crippen LogP contribution in [0.1, 0.15) is 25.5 Å². The third-order valence-electron chi connectivity index (χ3n) is 2.71. The Kier molecular flexibility index (Phi) is 6.46. The summed E-state index contributed by atoms with van der Waals surface area (Å²) in [6.07, 6.45) is 0. The van der Waals surface area contributed by atoms with Gasteiger partial charge in [0.2, 0.25) is 0 Å². The molecule has 1 rings (SSSR count). The highest BCUT2D eigenvalue weighted by molar-refractivity contribution is 9.11. The summed E-state index contributed by atoms with van der Waals surface area (Å²) >= 11 is 6.78. The van der Waals surface area contributed by atoms with Crippen LogP contribution in [0.15, 0.2) is 21.1 Å². The summed E-state index contributed by atoms with van der Waals surface area (Å²) in [5, 5.41) is 9.31. The van der Waals surface area contributed by atoms with Crippen molar-refractivity contribution in [1.82, 2.24) is 0 Å². The van der Waals surface area contributed by atoms with Crippen LogP contribution in [0, 0.1) is 5.41 Å². The van der Waals surface area contributed by atoms with E-state index in [4.69, 9.17) is 11.5 Å². The lowest BCUT2D eigenvalue weighted by Crippen LogP contribution is -2.33. The number of rotatable bonds is 3. The molecule has 3 nitrogen and oxygen atoms in total. The summed E-state index contributed by atoms with van der Waals surface area (Å²) in [6, 6.07) is 3.45. The van der Waals surface area contributed by atoms with Crippen molar-refractivity contribution < 1.29 is 5.11 Å². The number of aliphatic hydroxyl groups excluding tert-OH is 1. The first kappa shape index (κ1) is 17.2. The summed E-state index contributed by atoms with van der Waals surface area (Å²) in [7, 11) is 0. The quantitative estimate of drug-likeness (QED) is 0.696. The van der Waals surface area contributed by atoms with Crippen molar-refractivity contribution >= 4 is 50.0 Å². The summed E-state index contributed by atoms with van der Waals surface area (Å²) in [5.41, 5.74) is 13.2. The van der Waals surface area contributed by atoms with Gasteiger partial charge in [-0.25, -0.2) is 0 Å². The van der Waals surface area contributed by atoms with Crippen LogP contribution in [0.5, 0.6) is 0 Å². The molecule has 6 heteroatoms. The maximum absolute atomic E-state index is 9.31. The fourth-order valence-corrected chi connectivity index (χ4v) is 2.64. The van der Waals surface area contributed by atoms with Gasteiger partial charge in [0.1, 0.15) is 0 Å². The molecule has 0 fully saturated rings. The monoisotopic (exact) mass is 386 g/mol. The summed E-state index contributed by atoms with van der Waals surface area (Å²) < 4.78 is 1.72. The van der Waals surface area contributed by atoms with Crippen molar-refractivity contribution in [3.8, 4) is 0 Å². The lowest BCUT2D eigenvalue weighted by molar-refractivity contribution is 0.132. The standard InChI is InChI=1S/C11H16Br2N2O.ClH/c1-11(2,5-16)10(15)7-3-6(12)4-8(13)9(7)14;/h3-4,10,16H,5,14-15H2,1-2H3;1H/t10-;/m1./s1. The molecule has 1 atom stereocenters. The average Bonchev–Trinajstić information content (AvgIpc) is 2.22. The van der Waals surface area contributed by atoms with Gasteiger partial charge in [-0.05, 0) is 33.6 Å². The SMILES string of the molecule is CC(C)(CO)[C@H](N)c1cc(Br)cc(Br)c1N.Cl. The van der Waals surface area contributed by atoms with Crippen LogP contribution in [-0.2, 0) is 0 Å². The minimum atomic E-state index is -0.408. The number of nitrogen functional groups attached to an aromatic ring is 1. The lowest BCUT2D eigenvalue weighted by Gasteiger charge is -2.31. The topological polar surface area (TPSA) is 72.3 Å².